The average molecular weight is 415 g/mol. The molecule has 0 saturated carbocycles. The molecule has 4 nitrogen and oxygen atoms in total. The molecule has 3 rings (SSSR count). The van der Waals surface area contributed by atoms with Crippen molar-refractivity contribution >= 4 is 39.1 Å². The zero-order chi connectivity index (χ0) is 18.8. The smallest absolute Gasteiger partial charge is 0.229 e. The maximum absolute atomic E-state index is 12.7. The Kier molecular flexibility index (Phi) is 5.47. The number of nitrogens with zero attached hydrogens (tertiary/aromatic N) is 1. The van der Waals surface area contributed by atoms with Crippen LogP contribution in [0.5, 0.6) is 0 Å². The molecule has 1 atom stereocenters. The Morgan fingerprint density at radius 2 is 2.00 bits per heavy atom. The number of nitrogens with one attached hydrogen (secondary N) is 1. The summed E-state index contributed by atoms with van der Waals surface area (Å²) in [5.74, 6) is -0.427. The number of carbonyl (C=O) groups excluding carboxylic acids is 2. The highest BCUT2D eigenvalue weighted by atomic mass is 79.9. The number of anilines is 2. The molecule has 1 N–H and O–H groups in total. The van der Waals surface area contributed by atoms with Crippen LogP contribution in [0.1, 0.15) is 30.0 Å². The Bertz CT molecular complexity index is 863. The van der Waals surface area contributed by atoms with Crippen molar-refractivity contribution in [2.45, 2.75) is 33.6 Å². The third-order valence-corrected chi connectivity index (χ3v) is 5.35. The summed E-state index contributed by atoms with van der Waals surface area (Å²) in [6.07, 6.45) is 1.07. The van der Waals surface area contributed by atoms with Crippen LogP contribution < -0.4 is 10.2 Å². The van der Waals surface area contributed by atoms with Crippen LogP contribution in [0.3, 0.4) is 0 Å². The molecular formula is C21H23BrN2O2. The van der Waals surface area contributed by atoms with Crippen molar-refractivity contribution in [2.24, 2.45) is 5.92 Å². The van der Waals surface area contributed by atoms with E-state index in [-0.39, 0.29) is 24.2 Å². The molecule has 2 aromatic rings. The van der Waals surface area contributed by atoms with Gasteiger partial charge in [-0.3, -0.25) is 9.59 Å². The van der Waals surface area contributed by atoms with E-state index in [0.717, 1.165) is 39.0 Å². The average Bonchev–Trinajstić information content (AvgIpc) is 3.00. The third kappa shape index (κ3) is 3.83. The molecule has 1 aliphatic heterocycles. The van der Waals surface area contributed by atoms with Crippen LogP contribution in [-0.2, 0) is 16.0 Å². The minimum atomic E-state index is -0.337. The van der Waals surface area contributed by atoms with Crippen LogP contribution in [0.2, 0.25) is 0 Å². The van der Waals surface area contributed by atoms with Crippen LogP contribution in [0.15, 0.2) is 40.9 Å². The van der Waals surface area contributed by atoms with Gasteiger partial charge >= 0.3 is 0 Å². The van der Waals surface area contributed by atoms with Gasteiger partial charge in [0.1, 0.15) is 0 Å². The predicted octanol–water partition coefficient (Wildman–Crippen LogP) is 4.62. The van der Waals surface area contributed by atoms with Crippen molar-refractivity contribution in [3.63, 3.8) is 0 Å². The molecule has 2 amide bonds. The molecule has 0 bridgehead atoms. The maximum Gasteiger partial charge on any atom is 0.229 e. The summed E-state index contributed by atoms with van der Waals surface area (Å²) in [5.41, 5.74) is 4.95. The SMILES string of the molecule is CCc1cc(Br)ccc1NC(=O)[C@H]1CC(=O)N(c2cc(C)ccc2C)C1. The first-order valence-electron chi connectivity index (χ1n) is 8.86. The Morgan fingerprint density at radius 1 is 1.23 bits per heavy atom. The van der Waals surface area contributed by atoms with Crippen molar-refractivity contribution in [1.29, 1.82) is 0 Å². The zero-order valence-corrected chi connectivity index (χ0v) is 16.9. The molecule has 26 heavy (non-hydrogen) atoms. The molecule has 1 heterocycles. The van der Waals surface area contributed by atoms with Gasteiger partial charge in [-0.25, -0.2) is 0 Å². The van der Waals surface area contributed by atoms with E-state index in [1.165, 1.54) is 0 Å². The lowest BCUT2D eigenvalue weighted by atomic mass is 10.1. The van der Waals surface area contributed by atoms with E-state index in [1.807, 2.05) is 50.2 Å². The highest BCUT2D eigenvalue weighted by molar-refractivity contribution is 9.10. The summed E-state index contributed by atoms with van der Waals surface area (Å²) in [4.78, 5) is 27.0. The Morgan fingerprint density at radius 3 is 2.73 bits per heavy atom. The van der Waals surface area contributed by atoms with E-state index in [9.17, 15) is 9.59 Å². The quantitative estimate of drug-likeness (QED) is 0.792. The second-order valence-electron chi connectivity index (χ2n) is 6.84. The van der Waals surface area contributed by atoms with E-state index in [4.69, 9.17) is 0 Å². The van der Waals surface area contributed by atoms with Crippen LogP contribution >= 0.6 is 15.9 Å². The standard InChI is InChI=1S/C21H23BrN2O2/c1-4-15-10-17(22)7-8-18(15)23-21(26)16-11-20(25)24(12-16)19-9-13(2)5-6-14(19)3/h5-10,16H,4,11-12H2,1-3H3,(H,23,26)/t16-/m0/s1. The Hall–Kier alpha value is -2.14. The number of hydrogen-bond donors (Lipinski definition) is 1. The monoisotopic (exact) mass is 414 g/mol. The molecule has 5 heteroatoms. The second-order valence-corrected chi connectivity index (χ2v) is 7.76. The summed E-state index contributed by atoms with van der Waals surface area (Å²) in [5, 5.41) is 3.01. The van der Waals surface area contributed by atoms with Crippen LogP contribution in [0.4, 0.5) is 11.4 Å². The molecule has 0 unspecified atom stereocenters. The van der Waals surface area contributed by atoms with Gasteiger partial charge in [0.05, 0.1) is 5.92 Å². The fourth-order valence-corrected chi connectivity index (χ4v) is 3.75. The summed E-state index contributed by atoms with van der Waals surface area (Å²) < 4.78 is 0.990. The molecule has 0 aromatic heterocycles. The minimum absolute atomic E-state index is 0.00497. The number of rotatable bonds is 4. The summed E-state index contributed by atoms with van der Waals surface area (Å²) in [7, 11) is 0. The molecule has 0 aliphatic carbocycles. The number of aryl methyl sites for hydroxylation is 3. The number of amides is 2. The lowest BCUT2D eigenvalue weighted by Crippen LogP contribution is -2.28. The largest absolute Gasteiger partial charge is 0.326 e. The minimum Gasteiger partial charge on any atom is -0.326 e. The fraction of sp³-hybridized carbons (Fsp3) is 0.333. The fourth-order valence-electron chi connectivity index (χ4n) is 3.34. The predicted molar refractivity (Wildman–Crippen MR) is 109 cm³/mol. The van der Waals surface area contributed by atoms with Crippen molar-refractivity contribution < 1.29 is 9.59 Å². The Labute approximate surface area is 162 Å². The van der Waals surface area contributed by atoms with Crippen molar-refractivity contribution in [2.75, 3.05) is 16.8 Å². The van der Waals surface area contributed by atoms with E-state index in [0.29, 0.717) is 6.54 Å². The molecule has 1 fully saturated rings. The number of carbonyl (C=O) groups is 2. The highest BCUT2D eigenvalue weighted by Gasteiger charge is 2.35. The van der Waals surface area contributed by atoms with Crippen LogP contribution in [-0.4, -0.2) is 18.4 Å². The highest BCUT2D eigenvalue weighted by Crippen LogP contribution is 2.30. The van der Waals surface area contributed by atoms with Gasteiger partial charge in [0.15, 0.2) is 0 Å². The van der Waals surface area contributed by atoms with Gasteiger partial charge in [-0.1, -0.05) is 35.0 Å². The molecular weight excluding hydrogens is 392 g/mol. The topological polar surface area (TPSA) is 49.4 Å². The van der Waals surface area contributed by atoms with Gasteiger partial charge in [-0.2, -0.15) is 0 Å². The number of benzene rings is 2. The molecule has 0 spiro atoms. The van der Waals surface area contributed by atoms with Crippen molar-refractivity contribution in [3.8, 4) is 0 Å². The maximum atomic E-state index is 12.7. The second kappa shape index (κ2) is 7.62. The molecule has 2 aromatic carbocycles. The third-order valence-electron chi connectivity index (χ3n) is 4.86. The first kappa shape index (κ1) is 18.6. The van der Waals surface area contributed by atoms with Gasteiger partial charge in [0, 0.05) is 28.8 Å². The summed E-state index contributed by atoms with van der Waals surface area (Å²) in [6.45, 7) is 6.48. The van der Waals surface area contributed by atoms with Crippen LogP contribution in [0, 0.1) is 19.8 Å². The number of halogens is 1. The van der Waals surface area contributed by atoms with E-state index in [1.54, 1.807) is 4.90 Å². The van der Waals surface area contributed by atoms with Gasteiger partial charge in [-0.15, -0.1) is 0 Å². The van der Waals surface area contributed by atoms with Gasteiger partial charge in [0.2, 0.25) is 11.8 Å². The molecule has 136 valence electrons. The summed E-state index contributed by atoms with van der Waals surface area (Å²) in [6, 6.07) is 11.9. The van der Waals surface area contributed by atoms with Gasteiger partial charge < -0.3 is 10.2 Å². The van der Waals surface area contributed by atoms with E-state index >= 15 is 0 Å². The molecule has 1 saturated heterocycles. The lowest BCUT2D eigenvalue weighted by Gasteiger charge is -2.20. The van der Waals surface area contributed by atoms with Crippen LogP contribution in [0.25, 0.3) is 0 Å². The van der Waals surface area contributed by atoms with E-state index in [2.05, 4.69) is 28.2 Å². The number of hydrogen-bond acceptors (Lipinski definition) is 2. The first-order chi connectivity index (χ1) is 12.4. The van der Waals surface area contributed by atoms with Gasteiger partial charge in [-0.05, 0) is 61.2 Å². The van der Waals surface area contributed by atoms with Crippen molar-refractivity contribution in [3.05, 3.63) is 57.6 Å². The first-order valence-corrected chi connectivity index (χ1v) is 9.65. The zero-order valence-electron chi connectivity index (χ0n) is 15.3. The van der Waals surface area contributed by atoms with E-state index < -0.39 is 0 Å². The molecule has 0 radical (unpaired) electrons. The summed E-state index contributed by atoms with van der Waals surface area (Å²) >= 11 is 3.46. The van der Waals surface area contributed by atoms with Gasteiger partial charge in [0.25, 0.3) is 0 Å². The lowest BCUT2D eigenvalue weighted by molar-refractivity contribution is -0.122. The molecule has 1 aliphatic rings. The normalized spacial score (nSPS) is 16.8. The Balaban J connectivity index is 1.76. The van der Waals surface area contributed by atoms with Crippen molar-refractivity contribution in [1.82, 2.24) is 0 Å².